The number of rotatable bonds is 9. The first kappa shape index (κ1) is 15.6. The van der Waals surface area contributed by atoms with Gasteiger partial charge in [0.05, 0.1) is 6.10 Å². The van der Waals surface area contributed by atoms with Crippen LogP contribution in [0.25, 0.3) is 0 Å². The lowest BCUT2D eigenvalue weighted by Crippen LogP contribution is -2.19. The molecule has 0 spiro atoms. The topological polar surface area (TPSA) is 20.2 Å². The van der Waals surface area contributed by atoms with Crippen molar-refractivity contribution in [3.05, 3.63) is 30.3 Å². The lowest BCUT2D eigenvalue weighted by Gasteiger charge is -2.18. The van der Waals surface area contributed by atoms with Crippen molar-refractivity contribution < 1.29 is 5.11 Å². The number of aliphatic hydroxyl groups is 1. The largest absolute Gasteiger partial charge is 0.393 e. The van der Waals surface area contributed by atoms with Crippen molar-refractivity contribution in [1.29, 1.82) is 0 Å². The molecule has 1 N–H and O–H groups in total. The third kappa shape index (κ3) is 6.46. The van der Waals surface area contributed by atoms with Crippen molar-refractivity contribution in [2.24, 2.45) is 5.92 Å². The summed E-state index contributed by atoms with van der Waals surface area (Å²) in [6, 6.07) is 10.4. The summed E-state index contributed by atoms with van der Waals surface area (Å²) in [5, 5.41) is 10.1. The number of benzene rings is 1. The SMILES string of the molecule is CCCCCC[C@@H](O)[C@H](C)CSc1ccccc1. The van der Waals surface area contributed by atoms with Crippen molar-refractivity contribution in [1.82, 2.24) is 0 Å². The molecule has 0 aliphatic rings. The Hall–Kier alpha value is -0.470. The molecule has 0 unspecified atom stereocenters. The summed E-state index contributed by atoms with van der Waals surface area (Å²) >= 11 is 1.84. The van der Waals surface area contributed by atoms with Crippen LogP contribution < -0.4 is 0 Å². The minimum Gasteiger partial charge on any atom is -0.393 e. The molecule has 1 aromatic rings. The van der Waals surface area contributed by atoms with Crippen LogP contribution in [0.5, 0.6) is 0 Å². The average Bonchev–Trinajstić information content (AvgIpc) is 2.42. The Morgan fingerprint density at radius 1 is 1.11 bits per heavy atom. The minimum atomic E-state index is -0.141. The third-order valence-electron chi connectivity index (χ3n) is 3.27. The zero-order valence-corrected chi connectivity index (χ0v) is 12.5. The van der Waals surface area contributed by atoms with E-state index in [0.717, 1.165) is 18.6 Å². The standard InChI is InChI=1S/C16H26OS/c1-3-4-5-9-12-16(17)14(2)13-18-15-10-7-6-8-11-15/h6-8,10-11,14,16-17H,3-5,9,12-13H2,1-2H3/t14-,16-/m1/s1. The second-order valence-electron chi connectivity index (χ2n) is 5.02. The quantitative estimate of drug-likeness (QED) is 0.514. The molecule has 0 heterocycles. The van der Waals surface area contributed by atoms with Gasteiger partial charge < -0.3 is 5.11 Å². The molecule has 1 rings (SSSR count). The van der Waals surface area contributed by atoms with E-state index in [4.69, 9.17) is 0 Å². The van der Waals surface area contributed by atoms with Crippen LogP contribution in [0, 0.1) is 5.92 Å². The fourth-order valence-corrected chi connectivity index (χ4v) is 2.95. The van der Waals surface area contributed by atoms with Gasteiger partial charge in [-0.25, -0.2) is 0 Å². The summed E-state index contributed by atoms with van der Waals surface area (Å²) in [4.78, 5) is 1.29. The molecule has 1 nitrogen and oxygen atoms in total. The number of hydrogen-bond donors (Lipinski definition) is 1. The summed E-state index contributed by atoms with van der Waals surface area (Å²) in [5.74, 6) is 1.37. The van der Waals surface area contributed by atoms with Gasteiger partial charge in [-0.3, -0.25) is 0 Å². The van der Waals surface area contributed by atoms with Crippen molar-refractivity contribution in [3.8, 4) is 0 Å². The minimum absolute atomic E-state index is 0.141. The molecule has 0 saturated carbocycles. The molecular weight excluding hydrogens is 240 g/mol. The van der Waals surface area contributed by atoms with Gasteiger partial charge in [0.25, 0.3) is 0 Å². The molecule has 0 saturated heterocycles. The van der Waals surface area contributed by atoms with Crippen LogP contribution in [0.3, 0.4) is 0 Å². The zero-order valence-electron chi connectivity index (χ0n) is 11.6. The average molecular weight is 266 g/mol. The first-order valence-electron chi connectivity index (χ1n) is 7.10. The summed E-state index contributed by atoms with van der Waals surface area (Å²) in [5.41, 5.74) is 0. The van der Waals surface area contributed by atoms with Crippen LogP contribution >= 0.6 is 11.8 Å². The lowest BCUT2D eigenvalue weighted by atomic mass is 10.0. The van der Waals surface area contributed by atoms with Gasteiger partial charge in [0, 0.05) is 10.6 Å². The molecule has 0 radical (unpaired) electrons. The Morgan fingerprint density at radius 3 is 2.50 bits per heavy atom. The van der Waals surface area contributed by atoms with Crippen LogP contribution in [0.15, 0.2) is 35.2 Å². The molecule has 0 bridgehead atoms. The first-order valence-corrected chi connectivity index (χ1v) is 8.08. The Labute approximate surface area is 116 Å². The van der Waals surface area contributed by atoms with E-state index in [1.165, 1.54) is 24.2 Å². The van der Waals surface area contributed by atoms with Gasteiger partial charge in [0.15, 0.2) is 0 Å². The monoisotopic (exact) mass is 266 g/mol. The van der Waals surface area contributed by atoms with Crippen LogP contribution in [0.4, 0.5) is 0 Å². The Morgan fingerprint density at radius 2 is 1.83 bits per heavy atom. The molecular formula is C16H26OS. The molecule has 18 heavy (non-hydrogen) atoms. The number of thioether (sulfide) groups is 1. The van der Waals surface area contributed by atoms with E-state index in [1.54, 1.807) is 0 Å². The maximum absolute atomic E-state index is 10.1. The highest BCUT2D eigenvalue weighted by Gasteiger charge is 2.13. The summed E-state index contributed by atoms with van der Waals surface area (Å²) in [6.45, 7) is 4.37. The molecule has 0 amide bonds. The van der Waals surface area contributed by atoms with E-state index in [-0.39, 0.29) is 6.10 Å². The summed E-state index contributed by atoms with van der Waals surface area (Å²) < 4.78 is 0. The van der Waals surface area contributed by atoms with E-state index in [9.17, 15) is 5.11 Å². The van der Waals surface area contributed by atoms with Gasteiger partial charge in [-0.1, -0.05) is 57.7 Å². The maximum atomic E-state index is 10.1. The summed E-state index contributed by atoms with van der Waals surface area (Å²) in [6.07, 6.45) is 5.78. The van der Waals surface area contributed by atoms with Crippen molar-refractivity contribution in [3.63, 3.8) is 0 Å². The van der Waals surface area contributed by atoms with Gasteiger partial charge in [-0.15, -0.1) is 11.8 Å². The van der Waals surface area contributed by atoms with Gasteiger partial charge >= 0.3 is 0 Å². The third-order valence-corrected chi connectivity index (χ3v) is 4.56. The maximum Gasteiger partial charge on any atom is 0.0573 e. The molecule has 0 aromatic heterocycles. The van der Waals surface area contributed by atoms with Gasteiger partial charge in [-0.05, 0) is 24.5 Å². The Balaban J connectivity index is 2.17. The van der Waals surface area contributed by atoms with Crippen molar-refractivity contribution in [2.45, 2.75) is 57.0 Å². The molecule has 0 aliphatic carbocycles. The van der Waals surface area contributed by atoms with Crippen LogP contribution in [-0.2, 0) is 0 Å². The predicted molar refractivity (Wildman–Crippen MR) is 81.1 cm³/mol. The van der Waals surface area contributed by atoms with Crippen LogP contribution in [0.2, 0.25) is 0 Å². The van der Waals surface area contributed by atoms with E-state index >= 15 is 0 Å². The van der Waals surface area contributed by atoms with Gasteiger partial charge in [-0.2, -0.15) is 0 Å². The Kier molecular flexibility index (Phi) is 8.19. The number of hydrogen-bond acceptors (Lipinski definition) is 2. The highest BCUT2D eigenvalue weighted by Crippen LogP contribution is 2.23. The molecule has 0 aliphatic heterocycles. The highest BCUT2D eigenvalue weighted by molar-refractivity contribution is 7.99. The van der Waals surface area contributed by atoms with Crippen LogP contribution in [-0.4, -0.2) is 17.0 Å². The van der Waals surface area contributed by atoms with E-state index in [1.807, 2.05) is 17.8 Å². The zero-order chi connectivity index (χ0) is 13.2. The lowest BCUT2D eigenvalue weighted by molar-refractivity contribution is 0.115. The molecule has 102 valence electrons. The predicted octanol–water partition coefficient (Wildman–Crippen LogP) is 4.75. The highest BCUT2D eigenvalue weighted by atomic mass is 32.2. The molecule has 1 aromatic carbocycles. The second-order valence-corrected chi connectivity index (χ2v) is 6.11. The molecule has 2 heteroatoms. The first-order chi connectivity index (χ1) is 8.74. The smallest absolute Gasteiger partial charge is 0.0573 e. The van der Waals surface area contributed by atoms with E-state index in [2.05, 4.69) is 38.1 Å². The summed E-state index contributed by atoms with van der Waals surface area (Å²) in [7, 11) is 0. The van der Waals surface area contributed by atoms with Crippen molar-refractivity contribution >= 4 is 11.8 Å². The fourth-order valence-electron chi connectivity index (χ4n) is 1.92. The van der Waals surface area contributed by atoms with Gasteiger partial charge in [0.2, 0.25) is 0 Å². The molecule has 2 atom stereocenters. The molecule has 0 fully saturated rings. The van der Waals surface area contributed by atoms with Crippen molar-refractivity contribution in [2.75, 3.05) is 5.75 Å². The van der Waals surface area contributed by atoms with E-state index < -0.39 is 0 Å². The van der Waals surface area contributed by atoms with E-state index in [0.29, 0.717) is 5.92 Å². The van der Waals surface area contributed by atoms with Crippen LogP contribution in [0.1, 0.15) is 46.0 Å². The fraction of sp³-hybridized carbons (Fsp3) is 0.625. The number of unbranched alkanes of at least 4 members (excludes halogenated alkanes) is 3. The normalized spacial score (nSPS) is 14.4. The van der Waals surface area contributed by atoms with Gasteiger partial charge in [0.1, 0.15) is 0 Å². The Bertz CT molecular complexity index is 299. The second kappa shape index (κ2) is 9.46. The number of aliphatic hydroxyl groups excluding tert-OH is 1.